The Bertz CT molecular complexity index is 593. The van der Waals surface area contributed by atoms with Crippen molar-refractivity contribution in [3.63, 3.8) is 0 Å². The van der Waals surface area contributed by atoms with Crippen LogP contribution in [0.5, 0.6) is 0 Å². The monoisotopic (exact) mass is 370 g/mol. The summed E-state index contributed by atoms with van der Waals surface area (Å²) in [7, 11) is -3.87. The SMILES string of the molecule is CCCN(C1CCNCC1)S(=O)(=O)c1cccc(Cl)c1F.Cl. The molecule has 1 heterocycles. The van der Waals surface area contributed by atoms with Gasteiger partial charge in [0.25, 0.3) is 0 Å². The van der Waals surface area contributed by atoms with Crippen LogP contribution in [0.3, 0.4) is 0 Å². The summed E-state index contributed by atoms with van der Waals surface area (Å²) in [6.07, 6.45) is 2.16. The van der Waals surface area contributed by atoms with Crippen molar-refractivity contribution in [2.75, 3.05) is 19.6 Å². The van der Waals surface area contributed by atoms with E-state index in [2.05, 4.69) is 5.32 Å². The lowest BCUT2D eigenvalue weighted by Gasteiger charge is -2.33. The molecular weight excluding hydrogens is 350 g/mol. The largest absolute Gasteiger partial charge is 0.317 e. The Morgan fingerprint density at radius 1 is 1.36 bits per heavy atom. The van der Waals surface area contributed by atoms with Crippen LogP contribution in [-0.2, 0) is 10.0 Å². The van der Waals surface area contributed by atoms with Crippen LogP contribution in [0.25, 0.3) is 0 Å². The first-order valence-electron chi connectivity index (χ1n) is 7.15. The summed E-state index contributed by atoms with van der Waals surface area (Å²) in [5.74, 6) is -0.866. The molecule has 22 heavy (non-hydrogen) atoms. The maximum atomic E-state index is 14.1. The summed E-state index contributed by atoms with van der Waals surface area (Å²) < 4.78 is 41.2. The highest BCUT2D eigenvalue weighted by Gasteiger charge is 2.33. The van der Waals surface area contributed by atoms with Gasteiger partial charge in [-0.3, -0.25) is 0 Å². The highest BCUT2D eigenvalue weighted by Crippen LogP contribution is 2.28. The van der Waals surface area contributed by atoms with Crippen molar-refractivity contribution in [3.05, 3.63) is 29.0 Å². The highest BCUT2D eigenvalue weighted by molar-refractivity contribution is 7.89. The second-order valence-corrected chi connectivity index (χ2v) is 7.42. The minimum atomic E-state index is -3.87. The average Bonchev–Trinajstić information content (AvgIpc) is 2.48. The molecule has 0 amide bonds. The van der Waals surface area contributed by atoms with E-state index in [1.54, 1.807) is 0 Å². The fraction of sp³-hybridized carbons (Fsp3) is 0.571. The van der Waals surface area contributed by atoms with Gasteiger partial charge in [0.2, 0.25) is 10.0 Å². The molecule has 0 unspecified atom stereocenters. The molecule has 1 aliphatic rings. The summed E-state index contributed by atoms with van der Waals surface area (Å²) >= 11 is 5.72. The van der Waals surface area contributed by atoms with Gasteiger partial charge >= 0.3 is 0 Å². The molecule has 0 bridgehead atoms. The van der Waals surface area contributed by atoms with Crippen LogP contribution < -0.4 is 5.32 Å². The van der Waals surface area contributed by atoms with E-state index in [1.807, 2.05) is 6.92 Å². The zero-order valence-corrected chi connectivity index (χ0v) is 14.8. The number of sulfonamides is 1. The minimum Gasteiger partial charge on any atom is -0.317 e. The summed E-state index contributed by atoms with van der Waals surface area (Å²) in [5.41, 5.74) is 0. The summed E-state index contributed by atoms with van der Waals surface area (Å²) in [6.45, 7) is 3.85. The molecule has 1 aromatic carbocycles. The Labute approximate surface area is 142 Å². The van der Waals surface area contributed by atoms with Crippen molar-refractivity contribution in [2.24, 2.45) is 0 Å². The lowest BCUT2D eigenvalue weighted by atomic mass is 10.1. The molecule has 1 fully saturated rings. The van der Waals surface area contributed by atoms with Gasteiger partial charge in [0.1, 0.15) is 4.90 Å². The zero-order chi connectivity index (χ0) is 15.5. The van der Waals surface area contributed by atoms with E-state index < -0.39 is 15.8 Å². The van der Waals surface area contributed by atoms with Gasteiger partial charge < -0.3 is 5.32 Å². The van der Waals surface area contributed by atoms with Crippen molar-refractivity contribution < 1.29 is 12.8 Å². The average molecular weight is 371 g/mol. The van der Waals surface area contributed by atoms with Crippen LogP contribution >= 0.6 is 24.0 Å². The van der Waals surface area contributed by atoms with E-state index in [0.29, 0.717) is 13.0 Å². The molecule has 0 atom stereocenters. The number of piperidine rings is 1. The molecule has 0 saturated carbocycles. The molecule has 1 N–H and O–H groups in total. The molecular formula is C14H21Cl2FN2O2S. The van der Waals surface area contributed by atoms with E-state index in [-0.39, 0.29) is 28.4 Å². The van der Waals surface area contributed by atoms with Crippen LogP contribution in [-0.4, -0.2) is 38.4 Å². The number of rotatable bonds is 5. The van der Waals surface area contributed by atoms with E-state index in [9.17, 15) is 12.8 Å². The molecule has 1 aromatic rings. The normalized spacial score (nSPS) is 16.5. The van der Waals surface area contributed by atoms with E-state index in [0.717, 1.165) is 25.9 Å². The zero-order valence-electron chi connectivity index (χ0n) is 12.4. The lowest BCUT2D eigenvalue weighted by molar-refractivity contribution is 0.261. The van der Waals surface area contributed by atoms with Crippen molar-refractivity contribution in [3.8, 4) is 0 Å². The molecule has 0 aliphatic carbocycles. The molecule has 4 nitrogen and oxygen atoms in total. The van der Waals surface area contributed by atoms with Gasteiger partial charge in [-0.25, -0.2) is 12.8 Å². The van der Waals surface area contributed by atoms with E-state index >= 15 is 0 Å². The van der Waals surface area contributed by atoms with Gasteiger partial charge in [-0.15, -0.1) is 12.4 Å². The number of nitrogens with zero attached hydrogens (tertiary/aromatic N) is 1. The molecule has 8 heteroatoms. The lowest BCUT2D eigenvalue weighted by Crippen LogP contribution is -2.46. The van der Waals surface area contributed by atoms with Gasteiger partial charge in [-0.2, -0.15) is 4.31 Å². The van der Waals surface area contributed by atoms with Gasteiger partial charge in [0.05, 0.1) is 5.02 Å². The van der Waals surface area contributed by atoms with Crippen LogP contribution in [0.1, 0.15) is 26.2 Å². The van der Waals surface area contributed by atoms with Gasteiger partial charge in [-0.05, 0) is 44.5 Å². The van der Waals surface area contributed by atoms with Crippen molar-refractivity contribution >= 4 is 34.0 Å². The van der Waals surface area contributed by atoms with Crippen molar-refractivity contribution in [1.29, 1.82) is 0 Å². The van der Waals surface area contributed by atoms with Gasteiger partial charge in [0, 0.05) is 12.6 Å². The molecule has 0 radical (unpaired) electrons. The predicted molar refractivity (Wildman–Crippen MR) is 88.7 cm³/mol. The second kappa shape index (κ2) is 8.45. The van der Waals surface area contributed by atoms with Crippen molar-refractivity contribution in [2.45, 2.75) is 37.1 Å². The number of hydrogen-bond acceptors (Lipinski definition) is 3. The highest BCUT2D eigenvalue weighted by atomic mass is 35.5. The second-order valence-electron chi connectivity index (χ2n) is 5.15. The number of halogens is 3. The maximum Gasteiger partial charge on any atom is 0.246 e. The number of hydrogen-bond donors (Lipinski definition) is 1. The predicted octanol–water partition coefficient (Wildman–Crippen LogP) is 3.05. The molecule has 2 rings (SSSR count). The Kier molecular flexibility index (Phi) is 7.55. The van der Waals surface area contributed by atoms with E-state index in [1.165, 1.54) is 22.5 Å². The van der Waals surface area contributed by atoms with Gasteiger partial charge in [0.15, 0.2) is 5.82 Å². The first-order chi connectivity index (χ1) is 9.98. The quantitative estimate of drug-likeness (QED) is 0.866. The van der Waals surface area contributed by atoms with Crippen LogP contribution in [0, 0.1) is 5.82 Å². The Hall–Kier alpha value is -0.400. The molecule has 0 spiro atoms. The van der Waals surface area contributed by atoms with Crippen LogP contribution in [0.4, 0.5) is 4.39 Å². The summed E-state index contributed by atoms with van der Waals surface area (Å²) in [4.78, 5) is -0.331. The number of benzene rings is 1. The van der Waals surface area contributed by atoms with Gasteiger partial charge in [-0.1, -0.05) is 24.6 Å². The molecule has 1 saturated heterocycles. The standard InChI is InChI=1S/C14H20ClFN2O2S.ClH/c1-2-10-18(11-6-8-17-9-7-11)21(19,20)13-5-3-4-12(15)14(13)16;/h3-5,11,17H,2,6-10H2,1H3;1H. The number of nitrogens with one attached hydrogen (secondary N) is 1. The first kappa shape index (κ1) is 19.6. The fourth-order valence-electron chi connectivity index (χ4n) is 2.62. The first-order valence-corrected chi connectivity index (χ1v) is 8.97. The fourth-order valence-corrected chi connectivity index (χ4v) is 4.72. The third-order valence-electron chi connectivity index (χ3n) is 3.66. The third-order valence-corrected chi connectivity index (χ3v) is 5.92. The van der Waals surface area contributed by atoms with Crippen LogP contribution in [0.2, 0.25) is 5.02 Å². The Morgan fingerprint density at radius 2 is 2.00 bits per heavy atom. The third kappa shape index (κ3) is 4.11. The summed E-state index contributed by atoms with van der Waals surface area (Å²) in [5, 5.41) is 3.04. The molecule has 0 aromatic heterocycles. The van der Waals surface area contributed by atoms with Crippen LogP contribution in [0.15, 0.2) is 23.1 Å². The Balaban J connectivity index is 0.00000242. The smallest absolute Gasteiger partial charge is 0.246 e. The van der Waals surface area contributed by atoms with Crippen molar-refractivity contribution in [1.82, 2.24) is 9.62 Å². The topological polar surface area (TPSA) is 49.4 Å². The minimum absolute atomic E-state index is 0. The molecule has 126 valence electrons. The Morgan fingerprint density at radius 3 is 2.59 bits per heavy atom. The maximum absolute atomic E-state index is 14.1. The molecule has 1 aliphatic heterocycles. The summed E-state index contributed by atoms with van der Waals surface area (Å²) in [6, 6.07) is 4.00. The van der Waals surface area contributed by atoms with E-state index in [4.69, 9.17) is 11.6 Å².